The lowest BCUT2D eigenvalue weighted by Crippen LogP contribution is -2.36. The van der Waals surface area contributed by atoms with Gasteiger partial charge in [-0.25, -0.2) is 4.79 Å². The third-order valence-corrected chi connectivity index (χ3v) is 4.95. The molecular weight excluding hydrogens is 318 g/mol. The minimum Gasteiger partial charge on any atom is -0.353 e. The number of aromatic amines is 1. The maximum Gasteiger partial charge on any atom is 0.328 e. The molecule has 0 bridgehead atoms. The number of aryl methyl sites for hydroxylation is 1. The Balaban J connectivity index is 1.79. The lowest BCUT2D eigenvalue weighted by atomic mass is 9.98. The van der Waals surface area contributed by atoms with Crippen molar-refractivity contribution in [2.24, 2.45) is 0 Å². The molecule has 0 atom stereocenters. The van der Waals surface area contributed by atoms with Crippen LogP contribution in [-0.4, -0.2) is 21.5 Å². The summed E-state index contributed by atoms with van der Waals surface area (Å²) >= 11 is 0. The Bertz CT molecular complexity index is 623. The first-order chi connectivity index (χ1) is 12.1. The van der Waals surface area contributed by atoms with E-state index < -0.39 is 11.2 Å². The SMILES string of the molecule is O=C(CCn1ccc(=O)[nH]c1=O)NC1CCCCCCCCCCC1. The van der Waals surface area contributed by atoms with E-state index in [-0.39, 0.29) is 24.9 Å². The van der Waals surface area contributed by atoms with Crippen LogP contribution in [0.3, 0.4) is 0 Å². The molecule has 1 saturated carbocycles. The molecule has 0 aromatic carbocycles. The van der Waals surface area contributed by atoms with Gasteiger partial charge in [-0.15, -0.1) is 0 Å². The van der Waals surface area contributed by atoms with Crippen LogP contribution in [0.1, 0.15) is 77.0 Å². The lowest BCUT2D eigenvalue weighted by molar-refractivity contribution is -0.122. The van der Waals surface area contributed by atoms with Gasteiger partial charge in [-0.05, 0) is 12.8 Å². The quantitative estimate of drug-likeness (QED) is 0.876. The fourth-order valence-corrected chi connectivity index (χ4v) is 3.45. The highest BCUT2D eigenvalue weighted by atomic mass is 16.2. The summed E-state index contributed by atoms with van der Waals surface area (Å²) in [5.41, 5.74) is -0.884. The predicted molar refractivity (Wildman–Crippen MR) is 98.7 cm³/mol. The van der Waals surface area contributed by atoms with E-state index in [4.69, 9.17) is 0 Å². The summed E-state index contributed by atoms with van der Waals surface area (Å²) in [6, 6.07) is 1.55. The van der Waals surface area contributed by atoms with Gasteiger partial charge >= 0.3 is 5.69 Å². The van der Waals surface area contributed by atoms with Crippen LogP contribution in [0, 0.1) is 0 Å². The van der Waals surface area contributed by atoms with Crippen LogP contribution in [-0.2, 0) is 11.3 Å². The van der Waals surface area contributed by atoms with E-state index >= 15 is 0 Å². The molecular formula is C19H31N3O3. The second-order valence-electron chi connectivity index (χ2n) is 7.08. The van der Waals surface area contributed by atoms with Gasteiger partial charge < -0.3 is 9.88 Å². The average molecular weight is 349 g/mol. The molecule has 0 radical (unpaired) electrons. The molecule has 1 fully saturated rings. The van der Waals surface area contributed by atoms with E-state index in [9.17, 15) is 14.4 Å². The second-order valence-corrected chi connectivity index (χ2v) is 7.08. The van der Waals surface area contributed by atoms with Crippen molar-refractivity contribution in [3.8, 4) is 0 Å². The van der Waals surface area contributed by atoms with Gasteiger partial charge in [0.25, 0.3) is 5.56 Å². The van der Waals surface area contributed by atoms with E-state index in [1.165, 1.54) is 74.6 Å². The average Bonchev–Trinajstić information content (AvgIpc) is 2.56. The molecule has 1 aliphatic carbocycles. The highest BCUT2D eigenvalue weighted by molar-refractivity contribution is 5.76. The Morgan fingerprint density at radius 2 is 1.56 bits per heavy atom. The zero-order valence-corrected chi connectivity index (χ0v) is 15.1. The zero-order chi connectivity index (χ0) is 17.9. The van der Waals surface area contributed by atoms with Crippen molar-refractivity contribution in [2.45, 2.75) is 89.6 Å². The summed E-state index contributed by atoms with van der Waals surface area (Å²) in [4.78, 5) is 37.1. The van der Waals surface area contributed by atoms with E-state index in [1.54, 1.807) is 0 Å². The second kappa shape index (κ2) is 10.9. The van der Waals surface area contributed by atoms with Crippen LogP contribution >= 0.6 is 0 Å². The Kier molecular flexibility index (Phi) is 8.49. The molecule has 1 aromatic rings. The van der Waals surface area contributed by atoms with Crippen LogP contribution in [0.25, 0.3) is 0 Å². The maximum absolute atomic E-state index is 12.2. The van der Waals surface area contributed by atoms with Crippen molar-refractivity contribution in [2.75, 3.05) is 0 Å². The summed E-state index contributed by atoms with van der Waals surface area (Å²) in [7, 11) is 0. The topological polar surface area (TPSA) is 84.0 Å². The standard InChI is InChI=1S/C19H31N3O3/c23-17(12-14-22-15-13-18(24)21-19(22)25)20-16-10-8-6-4-2-1-3-5-7-9-11-16/h13,15-16H,1-12,14H2,(H,20,23)(H,21,24,25). The normalized spacial score (nSPS) is 18.1. The summed E-state index contributed by atoms with van der Waals surface area (Å²) in [6.45, 7) is 0.286. The number of hydrogen-bond donors (Lipinski definition) is 2. The van der Waals surface area contributed by atoms with Gasteiger partial charge in [0.2, 0.25) is 5.91 Å². The number of aromatic nitrogens is 2. The number of nitrogens with one attached hydrogen (secondary N) is 2. The molecule has 6 heteroatoms. The third-order valence-electron chi connectivity index (χ3n) is 4.95. The largest absolute Gasteiger partial charge is 0.353 e. The number of rotatable bonds is 4. The van der Waals surface area contributed by atoms with Crippen LogP contribution in [0.15, 0.2) is 21.9 Å². The van der Waals surface area contributed by atoms with Crippen molar-refractivity contribution >= 4 is 5.91 Å². The maximum atomic E-state index is 12.2. The van der Waals surface area contributed by atoms with Crippen molar-refractivity contribution < 1.29 is 4.79 Å². The van der Waals surface area contributed by atoms with Gasteiger partial charge in [0.15, 0.2) is 0 Å². The highest BCUT2D eigenvalue weighted by Gasteiger charge is 2.13. The number of nitrogens with zero attached hydrogens (tertiary/aromatic N) is 1. The molecule has 0 aliphatic heterocycles. The fourth-order valence-electron chi connectivity index (χ4n) is 3.45. The molecule has 0 saturated heterocycles. The van der Waals surface area contributed by atoms with Crippen LogP contribution in [0.4, 0.5) is 0 Å². The van der Waals surface area contributed by atoms with Crippen LogP contribution in [0.5, 0.6) is 0 Å². The molecule has 1 amide bonds. The fraction of sp³-hybridized carbons (Fsp3) is 0.737. The van der Waals surface area contributed by atoms with Crippen molar-refractivity contribution in [3.63, 3.8) is 0 Å². The Hall–Kier alpha value is -1.85. The first kappa shape index (κ1) is 19.5. The molecule has 2 rings (SSSR count). The predicted octanol–water partition coefficient (Wildman–Crippen LogP) is 2.72. The molecule has 1 aliphatic rings. The minimum absolute atomic E-state index is 0.0183. The van der Waals surface area contributed by atoms with Crippen molar-refractivity contribution in [1.82, 2.24) is 14.9 Å². The molecule has 1 heterocycles. The summed E-state index contributed by atoms with van der Waals surface area (Å²) in [6.07, 6.45) is 15.3. The lowest BCUT2D eigenvalue weighted by Gasteiger charge is -2.19. The Morgan fingerprint density at radius 3 is 2.12 bits per heavy atom. The molecule has 0 unspecified atom stereocenters. The number of hydrogen-bond acceptors (Lipinski definition) is 3. The number of carbonyl (C=O) groups excluding carboxylic acids is 1. The first-order valence-electron chi connectivity index (χ1n) is 9.74. The molecule has 140 valence electrons. The van der Waals surface area contributed by atoms with Crippen LogP contribution in [0.2, 0.25) is 0 Å². The van der Waals surface area contributed by atoms with E-state index in [0.29, 0.717) is 0 Å². The highest BCUT2D eigenvalue weighted by Crippen LogP contribution is 2.17. The van der Waals surface area contributed by atoms with Crippen molar-refractivity contribution in [1.29, 1.82) is 0 Å². The number of amides is 1. The summed E-state index contributed by atoms with van der Waals surface area (Å²) in [5.74, 6) is -0.0183. The van der Waals surface area contributed by atoms with Gasteiger partial charge in [0, 0.05) is 31.3 Å². The number of carbonyl (C=O) groups is 1. The van der Waals surface area contributed by atoms with Gasteiger partial charge in [-0.2, -0.15) is 0 Å². The minimum atomic E-state index is -0.466. The van der Waals surface area contributed by atoms with Crippen LogP contribution < -0.4 is 16.6 Å². The third kappa shape index (κ3) is 7.71. The summed E-state index contributed by atoms with van der Waals surface area (Å²) < 4.78 is 1.36. The number of H-pyrrole nitrogens is 1. The summed E-state index contributed by atoms with van der Waals surface area (Å²) in [5, 5.41) is 3.15. The molecule has 6 nitrogen and oxygen atoms in total. The van der Waals surface area contributed by atoms with Gasteiger partial charge in [0.05, 0.1) is 0 Å². The molecule has 0 spiro atoms. The zero-order valence-electron chi connectivity index (χ0n) is 15.1. The van der Waals surface area contributed by atoms with Gasteiger partial charge in [0.1, 0.15) is 0 Å². The van der Waals surface area contributed by atoms with E-state index in [1.807, 2.05) is 0 Å². The van der Waals surface area contributed by atoms with Gasteiger partial charge in [-0.3, -0.25) is 14.6 Å². The molecule has 1 aromatic heterocycles. The van der Waals surface area contributed by atoms with E-state index in [0.717, 1.165) is 12.8 Å². The van der Waals surface area contributed by atoms with Gasteiger partial charge in [-0.1, -0.05) is 57.8 Å². The van der Waals surface area contributed by atoms with Crippen molar-refractivity contribution in [3.05, 3.63) is 33.1 Å². The Morgan fingerprint density at radius 1 is 1.00 bits per heavy atom. The Labute approximate surface area is 149 Å². The smallest absolute Gasteiger partial charge is 0.328 e. The van der Waals surface area contributed by atoms with E-state index in [2.05, 4.69) is 10.3 Å². The first-order valence-corrected chi connectivity index (χ1v) is 9.74. The molecule has 25 heavy (non-hydrogen) atoms. The molecule has 2 N–H and O–H groups in total. The monoisotopic (exact) mass is 349 g/mol.